The second-order valence-corrected chi connectivity index (χ2v) is 8.77. The van der Waals surface area contributed by atoms with E-state index in [4.69, 9.17) is 4.84 Å². The summed E-state index contributed by atoms with van der Waals surface area (Å²) in [6.07, 6.45) is 27.4. The molecule has 0 saturated heterocycles. The van der Waals surface area contributed by atoms with E-state index >= 15 is 0 Å². The largest absolute Gasteiger partial charge is 0.299 e. The molecule has 0 N–H and O–H groups in total. The van der Waals surface area contributed by atoms with Gasteiger partial charge in [0.05, 0.1) is 6.61 Å². The Kier molecular flexibility index (Phi) is 24.9. The van der Waals surface area contributed by atoms with E-state index in [1.165, 1.54) is 128 Å². The van der Waals surface area contributed by atoms with Gasteiger partial charge in [-0.15, -0.1) is 0 Å². The molecule has 2 nitrogen and oxygen atoms in total. The normalized spacial score (nSPS) is 11.6. The SMILES string of the molecule is CCCCCCCCCCON(CCCCCCCC)CCCCCCCC. The average Bonchev–Trinajstić information content (AvgIpc) is 2.71. The number of hydroxylamine groups is 2. The van der Waals surface area contributed by atoms with Gasteiger partial charge < -0.3 is 0 Å². The number of hydrogen-bond donors (Lipinski definition) is 0. The molecule has 0 aliphatic rings. The van der Waals surface area contributed by atoms with Crippen LogP contribution in [-0.2, 0) is 4.84 Å². The fourth-order valence-corrected chi connectivity index (χ4v) is 3.81. The van der Waals surface area contributed by atoms with Crippen LogP contribution in [0.25, 0.3) is 0 Å². The molecule has 0 saturated carbocycles. The molecule has 0 spiro atoms. The van der Waals surface area contributed by atoms with Gasteiger partial charge >= 0.3 is 0 Å². The lowest BCUT2D eigenvalue weighted by atomic mass is 10.1. The van der Waals surface area contributed by atoms with Gasteiger partial charge in [0.1, 0.15) is 0 Å². The average molecular weight is 398 g/mol. The van der Waals surface area contributed by atoms with Crippen molar-refractivity contribution in [3.8, 4) is 0 Å². The predicted octanol–water partition coefficient (Wildman–Crippen LogP) is 9.08. The third-order valence-electron chi connectivity index (χ3n) is 5.79. The van der Waals surface area contributed by atoms with Crippen molar-refractivity contribution in [3.63, 3.8) is 0 Å². The molecule has 0 unspecified atom stereocenters. The number of unbranched alkanes of at least 4 members (excludes halogenated alkanes) is 17. The first-order valence-corrected chi connectivity index (χ1v) is 13.2. The monoisotopic (exact) mass is 397 g/mol. The van der Waals surface area contributed by atoms with Crippen molar-refractivity contribution >= 4 is 0 Å². The van der Waals surface area contributed by atoms with Gasteiger partial charge in [0.25, 0.3) is 0 Å². The summed E-state index contributed by atoms with van der Waals surface area (Å²) in [5.41, 5.74) is 0. The maximum absolute atomic E-state index is 6.18. The van der Waals surface area contributed by atoms with Gasteiger partial charge in [-0.1, -0.05) is 130 Å². The Bertz CT molecular complexity index is 253. The van der Waals surface area contributed by atoms with Crippen LogP contribution >= 0.6 is 0 Å². The second kappa shape index (κ2) is 25.0. The van der Waals surface area contributed by atoms with Crippen molar-refractivity contribution in [1.82, 2.24) is 5.06 Å². The smallest absolute Gasteiger partial charge is 0.0685 e. The Hall–Kier alpha value is -0.0800. The van der Waals surface area contributed by atoms with Crippen LogP contribution in [0.15, 0.2) is 0 Å². The van der Waals surface area contributed by atoms with Crippen LogP contribution in [0.5, 0.6) is 0 Å². The summed E-state index contributed by atoms with van der Waals surface area (Å²) in [5.74, 6) is 0. The molecule has 0 aromatic rings. The second-order valence-electron chi connectivity index (χ2n) is 8.77. The molecule has 0 aliphatic heterocycles. The van der Waals surface area contributed by atoms with Gasteiger partial charge in [0.2, 0.25) is 0 Å². The van der Waals surface area contributed by atoms with E-state index in [1.54, 1.807) is 0 Å². The minimum absolute atomic E-state index is 0.931. The molecule has 0 atom stereocenters. The van der Waals surface area contributed by atoms with Crippen molar-refractivity contribution in [2.45, 2.75) is 149 Å². The van der Waals surface area contributed by atoms with Gasteiger partial charge in [0, 0.05) is 13.1 Å². The van der Waals surface area contributed by atoms with Gasteiger partial charge in [-0.3, -0.25) is 4.84 Å². The van der Waals surface area contributed by atoms with E-state index < -0.39 is 0 Å². The van der Waals surface area contributed by atoms with Gasteiger partial charge in [-0.25, -0.2) is 0 Å². The van der Waals surface area contributed by atoms with Crippen LogP contribution in [-0.4, -0.2) is 24.8 Å². The highest BCUT2D eigenvalue weighted by molar-refractivity contribution is 4.53. The fourth-order valence-electron chi connectivity index (χ4n) is 3.81. The Balaban J connectivity index is 3.76. The lowest BCUT2D eigenvalue weighted by Gasteiger charge is -2.22. The third-order valence-corrected chi connectivity index (χ3v) is 5.79. The highest BCUT2D eigenvalue weighted by Gasteiger charge is 2.05. The summed E-state index contributed by atoms with van der Waals surface area (Å²) in [4.78, 5) is 6.18. The molecule has 0 aromatic carbocycles. The zero-order valence-electron chi connectivity index (χ0n) is 20.1. The molecule has 0 aromatic heterocycles. The van der Waals surface area contributed by atoms with Crippen molar-refractivity contribution in [1.29, 1.82) is 0 Å². The summed E-state index contributed by atoms with van der Waals surface area (Å²) in [6.45, 7) is 10.1. The first kappa shape index (κ1) is 27.9. The highest BCUT2D eigenvalue weighted by Crippen LogP contribution is 2.11. The summed E-state index contributed by atoms with van der Waals surface area (Å²) in [7, 11) is 0. The molecular weight excluding hydrogens is 342 g/mol. The van der Waals surface area contributed by atoms with Gasteiger partial charge in [-0.2, -0.15) is 5.06 Å². The number of hydrogen-bond acceptors (Lipinski definition) is 2. The Morgan fingerprint density at radius 1 is 0.393 bits per heavy atom. The lowest BCUT2D eigenvalue weighted by molar-refractivity contribution is -0.161. The minimum atomic E-state index is 0.931. The molecular formula is C26H55NO. The first-order valence-electron chi connectivity index (χ1n) is 13.2. The van der Waals surface area contributed by atoms with E-state index in [0.29, 0.717) is 0 Å². The van der Waals surface area contributed by atoms with Crippen LogP contribution in [0.4, 0.5) is 0 Å². The zero-order valence-corrected chi connectivity index (χ0v) is 20.1. The van der Waals surface area contributed by atoms with E-state index in [-0.39, 0.29) is 0 Å². The summed E-state index contributed by atoms with van der Waals surface area (Å²) in [5, 5.41) is 2.31. The third kappa shape index (κ3) is 22.2. The molecule has 170 valence electrons. The number of nitrogens with zero attached hydrogens (tertiary/aromatic N) is 1. The molecule has 0 fully saturated rings. The minimum Gasteiger partial charge on any atom is -0.299 e. The molecule has 0 bridgehead atoms. The van der Waals surface area contributed by atoms with E-state index in [9.17, 15) is 0 Å². The van der Waals surface area contributed by atoms with Crippen LogP contribution in [0.1, 0.15) is 149 Å². The molecule has 2 heteroatoms. The Morgan fingerprint density at radius 3 is 1.11 bits per heavy atom. The Morgan fingerprint density at radius 2 is 0.714 bits per heavy atom. The van der Waals surface area contributed by atoms with Crippen molar-refractivity contribution in [3.05, 3.63) is 0 Å². The van der Waals surface area contributed by atoms with E-state index in [2.05, 4.69) is 25.8 Å². The maximum Gasteiger partial charge on any atom is 0.0685 e. The summed E-state index contributed by atoms with van der Waals surface area (Å²) < 4.78 is 0. The van der Waals surface area contributed by atoms with E-state index in [0.717, 1.165) is 19.7 Å². The molecule has 0 radical (unpaired) electrons. The molecule has 0 aliphatic carbocycles. The van der Waals surface area contributed by atoms with Gasteiger partial charge in [0.15, 0.2) is 0 Å². The lowest BCUT2D eigenvalue weighted by Crippen LogP contribution is -2.27. The predicted molar refractivity (Wildman–Crippen MR) is 127 cm³/mol. The van der Waals surface area contributed by atoms with Crippen LogP contribution < -0.4 is 0 Å². The highest BCUT2D eigenvalue weighted by atomic mass is 16.7. The number of rotatable bonds is 24. The standard InChI is InChI=1S/C26H55NO/c1-4-7-10-13-16-17-20-23-26-28-27(24-21-18-14-11-8-5-2)25-22-19-15-12-9-6-3/h4-26H2,1-3H3. The Labute approximate surface area is 179 Å². The quantitative estimate of drug-likeness (QED) is 0.119. The van der Waals surface area contributed by atoms with Crippen molar-refractivity contribution in [2.24, 2.45) is 0 Å². The zero-order chi connectivity index (χ0) is 20.5. The van der Waals surface area contributed by atoms with Crippen molar-refractivity contribution in [2.75, 3.05) is 19.7 Å². The molecule has 0 amide bonds. The van der Waals surface area contributed by atoms with Gasteiger partial charge in [-0.05, 0) is 19.3 Å². The molecule has 0 heterocycles. The summed E-state index contributed by atoms with van der Waals surface area (Å²) in [6, 6.07) is 0. The summed E-state index contributed by atoms with van der Waals surface area (Å²) >= 11 is 0. The van der Waals surface area contributed by atoms with E-state index in [1.807, 2.05) is 0 Å². The molecule has 28 heavy (non-hydrogen) atoms. The van der Waals surface area contributed by atoms with Crippen molar-refractivity contribution < 1.29 is 4.84 Å². The van der Waals surface area contributed by atoms with Crippen LogP contribution in [0.3, 0.4) is 0 Å². The molecule has 0 rings (SSSR count). The topological polar surface area (TPSA) is 12.5 Å². The first-order chi connectivity index (χ1) is 13.8. The van der Waals surface area contributed by atoms with Crippen LogP contribution in [0, 0.1) is 0 Å². The van der Waals surface area contributed by atoms with Crippen LogP contribution in [0.2, 0.25) is 0 Å². The maximum atomic E-state index is 6.18. The fraction of sp³-hybridized carbons (Fsp3) is 1.00.